The Morgan fingerprint density at radius 3 is 2.94 bits per heavy atom. The average Bonchev–Trinajstić information content (AvgIpc) is 2.77. The van der Waals surface area contributed by atoms with Crippen LogP contribution in [-0.2, 0) is 6.54 Å². The third-order valence-corrected chi connectivity index (χ3v) is 3.12. The molecule has 0 saturated heterocycles. The first-order valence-corrected chi connectivity index (χ1v) is 6.47. The van der Waals surface area contributed by atoms with Gasteiger partial charge in [0, 0.05) is 17.2 Å². The Kier molecular flexibility index (Phi) is 3.97. The third kappa shape index (κ3) is 2.76. The number of nitrogens with zero attached hydrogens (tertiary/aromatic N) is 2. The van der Waals surface area contributed by atoms with Crippen LogP contribution in [-0.4, -0.2) is 14.9 Å². The van der Waals surface area contributed by atoms with Crippen molar-refractivity contribution in [3.63, 3.8) is 0 Å². The highest BCUT2D eigenvalue weighted by atomic mass is 79.9. The molecule has 17 heavy (non-hydrogen) atoms. The van der Waals surface area contributed by atoms with Gasteiger partial charge < -0.3 is 5.11 Å². The van der Waals surface area contributed by atoms with Crippen LogP contribution < -0.4 is 0 Å². The molecular formula is C13H15BrN2O. The molecule has 0 radical (unpaired) electrons. The SMILES string of the molecule is CCCn1nccc1C(O)c1cccc(Br)c1. The average molecular weight is 295 g/mol. The smallest absolute Gasteiger partial charge is 0.121 e. The Morgan fingerprint density at radius 1 is 1.41 bits per heavy atom. The molecule has 0 saturated carbocycles. The zero-order valence-corrected chi connectivity index (χ0v) is 11.3. The lowest BCUT2D eigenvalue weighted by atomic mass is 10.1. The van der Waals surface area contributed by atoms with Gasteiger partial charge in [-0.25, -0.2) is 0 Å². The van der Waals surface area contributed by atoms with Crippen LogP contribution in [0.2, 0.25) is 0 Å². The lowest BCUT2D eigenvalue weighted by Crippen LogP contribution is -2.10. The highest BCUT2D eigenvalue weighted by Crippen LogP contribution is 2.24. The van der Waals surface area contributed by atoms with Crippen LogP contribution in [0.3, 0.4) is 0 Å². The number of aryl methyl sites for hydroxylation is 1. The zero-order valence-electron chi connectivity index (χ0n) is 9.68. The molecule has 0 aliphatic rings. The molecule has 4 heteroatoms. The van der Waals surface area contributed by atoms with Crippen LogP contribution in [0.1, 0.15) is 30.7 Å². The van der Waals surface area contributed by atoms with Crippen LogP contribution in [0.15, 0.2) is 41.0 Å². The standard InChI is InChI=1S/C13H15BrN2O/c1-2-8-16-12(6-7-15-16)13(17)10-4-3-5-11(14)9-10/h3-7,9,13,17H,2,8H2,1H3. The van der Waals surface area contributed by atoms with Crippen molar-refractivity contribution in [3.8, 4) is 0 Å². The summed E-state index contributed by atoms with van der Waals surface area (Å²) in [6.07, 6.45) is 2.10. The fraction of sp³-hybridized carbons (Fsp3) is 0.308. The monoisotopic (exact) mass is 294 g/mol. The van der Waals surface area contributed by atoms with Crippen molar-refractivity contribution in [2.24, 2.45) is 0 Å². The largest absolute Gasteiger partial charge is 0.382 e. The normalized spacial score (nSPS) is 12.6. The molecule has 2 rings (SSSR count). The van der Waals surface area contributed by atoms with Gasteiger partial charge in [-0.2, -0.15) is 5.10 Å². The highest BCUT2D eigenvalue weighted by Gasteiger charge is 2.15. The summed E-state index contributed by atoms with van der Waals surface area (Å²) in [5.74, 6) is 0. The van der Waals surface area contributed by atoms with Crippen LogP contribution in [0.4, 0.5) is 0 Å². The Balaban J connectivity index is 2.30. The van der Waals surface area contributed by atoms with E-state index in [4.69, 9.17) is 0 Å². The molecule has 0 aliphatic carbocycles. The molecule has 1 atom stereocenters. The number of rotatable bonds is 4. The molecule has 1 aromatic heterocycles. The van der Waals surface area contributed by atoms with Crippen molar-refractivity contribution in [1.29, 1.82) is 0 Å². The number of aliphatic hydroxyl groups excluding tert-OH is 1. The molecule has 0 bridgehead atoms. The Labute approximate surface area is 109 Å². The Morgan fingerprint density at radius 2 is 2.24 bits per heavy atom. The van der Waals surface area contributed by atoms with E-state index >= 15 is 0 Å². The van der Waals surface area contributed by atoms with Gasteiger partial charge in [0.2, 0.25) is 0 Å². The molecule has 2 aromatic rings. The number of aliphatic hydroxyl groups is 1. The predicted molar refractivity (Wildman–Crippen MR) is 70.7 cm³/mol. The minimum Gasteiger partial charge on any atom is -0.382 e. The summed E-state index contributed by atoms with van der Waals surface area (Å²) >= 11 is 3.41. The summed E-state index contributed by atoms with van der Waals surface area (Å²) in [6.45, 7) is 2.92. The van der Waals surface area contributed by atoms with E-state index in [0.29, 0.717) is 0 Å². The van der Waals surface area contributed by atoms with Crippen LogP contribution in [0, 0.1) is 0 Å². The van der Waals surface area contributed by atoms with Gasteiger partial charge in [-0.1, -0.05) is 35.0 Å². The van der Waals surface area contributed by atoms with Gasteiger partial charge in [-0.05, 0) is 30.2 Å². The number of benzene rings is 1. The maximum Gasteiger partial charge on any atom is 0.121 e. The molecule has 1 unspecified atom stereocenters. The minimum atomic E-state index is -0.624. The highest BCUT2D eigenvalue weighted by molar-refractivity contribution is 9.10. The second-order valence-electron chi connectivity index (χ2n) is 3.94. The van der Waals surface area contributed by atoms with E-state index in [9.17, 15) is 5.11 Å². The second-order valence-corrected chi connectivity index (χ2v) is 4.85. The van der Waals surface area contributed by atoms with Gasteiger partial charge in [0.25, 0.3) is 0 Å². The Hall–Kier alpha value is -1.13. The number of hydrogen-bond acceptors (Lipinski definition) is 2. The van der Waals surface area contributed by atoms with E-state index in [2.05, 4.69) is 28.0 Å². The first-order valence-electron chi connectivity index (χ1n) is 5.67. The van der Waals surface area contributed by atoms with E-state index in [1.54, 1.807) is 6.20 Å². The topological polar surface area (TPSA) is 38.0 Å². The van der Waals surface area contributed by atoms with E-state index in [1.807, 2.05) is 35.0 Å². The van der Waals surface area contributed by atoms with Gasteiger partial charge in [0.15, 0.2) is 0 Å². The summed E-state index contributed by atoms with van der Waals surface area (Å²) in [5.41, 5.74) is 1.71. The fourth-order valence-corrected chi connectivity index (χ4v) is 2.24. The predicted octanol–water partition coefficient (Wildman–Crippen LogP) is 3.14. The quantitative estimate of drug-likeness (QED) is 0.941. The first kappa shape index (κ1) is 12.3. The molecule has 1 N–H and O–H groups in total. The molecule has 0 spiro atoms. The summed E-state index contributed by atoms with van der Waals surface area (Å²) in [4.78, 5) is 0. The summed E-state index contributed by atoms with van der Waals surface area (Å²) in [6, 6.07) is 9.57. The number of hydrogen-bond donors (Lipinski definition) is 1. The molecule has 0 aliphatic heterocycles. The van der Waals surface area contributed by atoms with E-state index in [0.717, 1.165) is 28.7 Å². The van der Waals surface area contributed by atoms with Crippen LogP contribution in [0.5, 0.6) is 0 Å². The van der Waals surface area contributed by atoms with Crippen LogP contribution in [0.25, 0.3) is 0 Å². The van der Waals surface area contributed by atoms with E-state index < -0.39 is 6.10 Å². The number of halogens is 1. The summed E-state index contributed by atoms with van der Waals surface area (Å²) < 4.78 is 2.82. The van der Waals surface area contributed by atoms with Crippen molar-refractivity contribution in [3.05, 3.63) is 52.3 Å². The third-order valence-electron chi connectivity index (χ3n) is 2.63. The summed E-state index contributed by atoms with van der Waals surface area (Å²) in [5, 5.41) is 14.6. The van der Waals surface area contributed by atoms with Gasteiger partial charge in [0.05, 0.1) is 5.69 Å². The lowest BCUT2D eigenvalue weighted by Gasteiger charge is -2.13. The molecule has 0 amide bonds. The van der Waals surface area contributed by atoms with E-state index in [1.165, 1.54) is 0 Å². The van der Waals surface area contributed by atoms with Gasteiger partial charge in [0.1, 0.15) is 6.10 Å². The van der Waals surface area contributed by atoms with Gasteiger partial charge in [-0.3, -0.25) is 4.68 Å². The maximum absolute atomic E-state index is 10.3. The van der Waals surface area contributed by atoms with Gasteiger partial charge in [-0.15, -0.1) is 0 Å². The minimum absolute atomic E-state index is 0.624. The maximum atomic E-state index is 10.3. The zero-order chi connectivity index (χ0) is 12.3. The van der Waals surface area contributed by atoms with E-state index in [-0.39, 0.29) is 0 Å². The molecule has 3 nitrogen and oxygen atoms in total. The molecular weight excluding hydrogens is 280 g/mol. The van der Waals surface area contributed by atoms with Crippen molar-refractivity contribution in [2.45, 2.75) is 26.0 Å². The molecule has 90 valence electrons. The Bertz CT molecular complexity index is 496. The van der Waals surface area contributed by atoms with Crippen LogP contribution >= 0.6 is 15.9 Å². The van der Waals surface area contributed by atoms with Crippen molar-refractivity contribution < 1.29 is 5.11 Å². The second kappa shape index (κ2) is 5.47. The summed E-state index contributed by atoms with van der Waals surface area (Å²) in [7, 11) is 0. The lowest BCUT2D eigenvalue weighted by molar-refractivity contribution is 0.207. The van der Waals surface area contributed by atoms with Crippen molar-refractivity contribution >= 4 is 15.9 Å². The van der Waals surface area contributed by atoms with Gasteiger partial charge >= 0.3 is 0 Å². The molecule has 1 heterocycles. The van der Waals surface area contributed by atoms with Crippen molar-refractivity contribution in [1.82, 2.24) is 9.78 Å². The first-order chi connectivity index (χ1) is 8.22. The molecule has 1 aromatic carbocycles. The fourth-order valence-electron chi connectivity index (χ4n) is 1.82. The molecule has 0 fully saturated rings. The number of aromatic nitrogens is 2. The van der Waals surface area contributed by atoms with Crippen molar-refractivity contribution in [2.75, 3.05) is 0 Å².